The zero-order valence-corrected chi connectivity index (χ0v) is 15.9. The van der Waals surface area contributed by atoms with Crippen molar-refractivity contribution in [1.29, 1.82) is 0 Å². The van der Waals surface area contributed by atoms with Crippen LogP contribution in [0.5, 0.6) is 0 Å². The first-order valence-electron chi connectivity index (χ1n) is 8.62. The fourth-order valence-corrected chi connectivity index (χ4v) is 4.16. The molecule has 0 saturated carbocycles. The highest BCUT2D eigenvalue weighted by molar-refractivity contribution is 7.90. The standard InChI is InChI=1S/C20H22N2O4S/c1-14(2)22-11-10-15-8-9-17(12-18(15)22)27(25,26)21-20(24)13-19(23)16-6-4-3-5-7-16/h3-9,12,19,23H,1,10-11,13H2,2H3,(H,21,24). The molecule has 1 atom stereocenters. The number of allylic oxidation sites excluding steroid dienone is 1. The molecule has 0 radical (unpaired) electrons. The van der Waals surface area contributed by atoms with Crippen LogP contribution in [-0.2, 0) is 21.2 Å². The van der Waals surface area contributed by atoms with E-state index in [-0.39, 0.29) is 11.3 Å². The lowest BCUT2D eigenvalue weighted by Crippen LogP contribution is -2.31. The molecule has 1 aliphatic rings. The number of nitrogens with zero attached hydrogens (tertiary/aromatic N) is 1. The van der Waals surface area contributed by atoms with E-state index in [9.17, 15) is 18.3 Å². The fraction of sp³-hybridized carbons (Fsp3) is 0.250. The van der Waals surface area contributed by atoms with Gasteiger partial charge in [-0.15, -0.1) is 0 Å². The molecule has 142 valence electrons. The van der Waals surface area contributed by atoms with Crippen molar-refractivity contribution in [2.45, 2.75) is 30.8 Å². The Labute approximate surface area is 159 Å². The predicted molar refractivity (Wildman–Crippen MR) is 104 cm³/mol. The van der Waals surface area contributed by atoms with Gasteiger partial charge in [0.15, 0.2) is 0 Å². The Morgan fingerprint density at radius 1 is 1.26 bits per heavy atom. The van der Waals surface area contributed by atoms with Gasteiger partial charge in [0.25, 0.3) is 10.0 Å². The second-order valence-corrected chi connectivity index (χ2v) is 8.27. The van der Waals surface area contributed by atoms with Crippen molar-refractivity contribution in [2.75, 3.05) is 11.4 Å². The van der Waals surface area contributed by atoms with Crippen molar-refractivity contribution in [3.8, 4) is 0 Å². The Hall–Kier alpha value is -2.64. The molecule has 1 heterocycles. The second kappa shape index (κ2) is 7.54. The van der Waals surface area contributed by atoms with Crippen LogP contribution in [0.4, 0.5) is 5.69 Å². The summed E-state index contributed by atoms with van der Waals surface area (Å²) in [5.74, 6) is -0.761. The third kappa shape index (κ3) is 4.20. The van der Waals surface area contributed by atoms with E-state index in [0.717, 1.165) is 29.9 Å². The summed E-state index contributed by atoms with van der Waals surface area (Å²) in [6, 6.07) is 13.4. The molecule has 3 rings (SSSR count). The van der Waals surface area contributed by atoms with Crippen molar-refractivity contribution >= 4 is 21.6 Å². The summed E-state index contributed by atoms with van der Waals surface area (Å²) in [6.45, 7) is 6.53. The number of hydrogen-bond acceptors (Lipinski definition) is 5. The summed E-state index contributed by atoms with van der Waals surface area (Å²) in [5.41, 5.74) is 3.22. The van der Waals surface area contributed by atoms with Crippen LogP contribution in [0.1, 0.15) is 30.6 Å². The van der Waals surface area contributed by atoms with E-state index in [4.69, 9.17) is 0 Å². The van der Waals surface area contributed by atoms with E-state index < -0.39 is 22.0 Å². The number of sulfonamides is 1. The highest BCUT2D eigenvalue weighted by Gasteiger charge is 2.25. The fourth-order valence-electron chi connectivity index (χ4n) is 3.14. The molecule has 1 amide bonds. The molecule has 7 heteroatoms. The van der Waals surface area contributed by atoms with Crippen molar-refractivity contribution in [3.63, 3.8) is 0 Å². The van der Waals surface area contributed by atoms with Crippen LogP contribution >= 0.6 is 0 Å². The summed E-state index contributed by atoms with van der Waals surface area (Å²) >= 11 is 0. The van der Waals surface area contributed by atoms with Gasteiger partial charge in [-0.2, -0.15) is 0 Å². The average molecular weight is 386 g/mol. The lowest BCUT2D eigenvalue weighted by Gasteiger charge is -2.19. The van der Waals surface area contributed by atoms with Crippen LogP contribution < -0.4 is 9.62 Å². The summed E-state index contributed by atoms with van der Waals surface area (Å²) in [6.07, 6.45) is -0.593. The molecule has 6 nitrogen and oxygen atoms in total. The second-order valence-electron chi connectivity index (χ2n) is 6.59. The summed E-state index contributed by atoms with van der Waals surface area (Å²) in [5, 5.41) is 10.1. The number of anilines is 1. The van der Waals surface area contributed by atoms with Gasteiger partial charge in [0.05, 0.1) is 17.4 Å². The highest BCUT2D eigenvalue weighted by atomic mass is 32.2. The van der Waals surface area contributed by atoms with Gasteiger partial charge in [0.2, 0.25) is 5.91 Å². The lowest BCUT2D eigenvalue weighted by atomic mass is 10.1. The van der Waals surface area contributed by atoms with Crippen molar-refractivity contribution in [1.82, 2.24) is 4.72 Å². The van der Waals surface area contributed by atoms with E-state index in [0.29, 0.717) is 5.56 Å². The number of carbonyl (C=O) groups is 1. The largest absolute Gasteiger partial charge is 0.388 e. The van der Waals surface area contributed by atoms with E-state index >= 15 is 0 Å². The maximum atomic E-state index is 12.6. The first kappa shape index (κ1) is 19.1. The molecular formula is C20H22N2O4S. The number of nitrogens with one attached hydrogen (secondary N) is 1. The van der Waals surface area contributed by atoms with Gasteiger partial charge in [-0.25, -0.2) is 13.1 Å². The lowest BCUT2D eigenvalue weighted by molar-refractivity contribution is -0.121. The quantitative estimate of drug-likeness (QED) is 0.797. The third-order valence-corrected chi connectivity index (χ3v) is 5.91. The van der Waals surface area contributed by atoms with Crippen LogP contribution in [0.25, 0.3) is 0 Å². The Kier molecular flexibility index (Phi) is 5.34. The Morgan fingerprint density at radius 2 is 1.96 bits per heavy atom. The Morgan fingerprint density at radius 3 is 2.63 bits per heavy atom. The number of fused-ring (bicyclic) bond motifs is 1. The Balaban J connectivity index is 1.74. The predicted octanol–water partition coefficient (Wildman–Crippen LogP) is 2.51. The van der Waals surface area contributed by atoms with Gasteiger partial charge in [-0.05, 0) is 36.6 Å². The van der Waals surface area contributed by atoms with Gasteiger partial charge in [-0.3, -0.25) is 4.79 Å². The number of aliphatic hydroxyl groups is 1. The first-order chi connectivity index (χ1) is 12.8. The molecular weight excluding hydrogens is 364 g/mol. The first-order valence-corrected chi connectivity index (χ1v) is 10.1. The van der Waals surface area contributed by atoms with Crippen LogP contribution in [0.2, 0.25) is 0 Å². The molecule has 0 aliphatic carbocycles. The van der Waals surface area contributed by atoms with E-state index in [1.54, 1.807) is 42.5 Å². The number of aliphatic hydroxyl groups excluding tert-OH is 1. The molecule has 0 saturated heterocycles. The number of rotatable bonds is 6. The van der Waals surface area contributed by atoms with Crippen molar-refractivity contribution in [2.24, 2.45) is 0 Å². The van der Waals surface area contributed by atoms with Gasteiger partial charge in [-0.1, -0.05) is 43.0 Å². The summed E-state index contributed by atoms with van der Waals surface area (Å²) < 4.78 is 27.2. The molecule has 2 aromatic carbocycles. The highest BCUT2D eigenvalue weighted by Crippen LogP contribution is 2.32. The molecule has 0 fully saturated rings. The van der Waals surface area contributed by atoms with Crippen molar-refractivity contribution < 1.29 is 18.3 Å². The average Bonchev–Trinajstić information content (AvgIpc) is 3.05. The van der Waals surface area contributed by atoms with Gasteiger partial charge in [0.1, 0.15) is 0 Å². The molecule has 0 bridgehead atoms. The van der Waals surface area contributed by atoms with Gasteiger partial charge >= 0.3 is 0 Å². The van der Waals surface area contributed by atoms with Crippen molar-refractivity contribution in [3.05, 3.63) is 71.9 Å². The minimum Gasteiger partial charge on any atom is -0.388 e. The van der Waals surface area contributed by atoms with Crippen LogP contribution in [-0.4, -0.2) is 26.0 Å². The molecule has 2 N–H and O–H groups in total. The number of carbonyl (C=O) groups excluding carboxylic acids is 1. The maximum Gasteiger partial charge on any atom is 0.264 e. The van der Waals surface area contributed by atoms with Crippen LogP contribution in [0.3, 0.4) is 0 Å². The minimum absolute atomic E-state index is 0.0111. The monoisotopic (exact) mass is 386 g/mol. The van der Waals surface area contributed by atoms with E-state index in [1.165, 1.54) is 6.07 Å². The number of amides is 1. The van der Waals surface area contributed by atoms with E-state index in [1.807, 2.05) is 16.5 Å². The van der Waals surface area contributed by atoms with Gasteiger partial charge in [0, 0.05) is 17.9 Å². The van der Waals surface area contributed by atoms with Crippen LogP contribution in [0, 0.1) is 0 Å². The smallest absolute Gasteiger partial charge is 0.264 e. The van der Waals surface area contributed by atoms with Gasteiger partial charge < -0.3 is 10.0 Å². The Bertz CT molecular complexity index is 971. The molecule has 1 aliphatic heterocycles. The zero-order valence-electron chi connectivity index (χ0n) is 15.1. The molecule has 2 aromatic rings. The molecule has 1 unspecified atom stereocenters. The SMILES string of the molecule is C=C(C)N1CCc2ccc(S(=O)(=O)NC(=O)CC(O)c3ccccc3)cc21. The summed E-state index contributed by atoms with van der Waals surface area (Å²) in [4.78, 5) is 14.1. The third-order valence-electron chi connectivity index (χ3n) is 4.53. The van der Waals surface area contributed by atoms with Crippen LogP contribution in [0.15, 0.2) is 65.7 Å². The molecule has 27 heavy (non-hydrogen) atoms. The minimum atomic E-state index is -4.03. The molecule has 0 spiro atoms. The molecule has 0 aromatic heterocycles. The summed E-state index contributed by atoms with van der Waals surface area (Å²) in [7, 11) is -4.03. The zero-order chi connectivity index (χ0) is 19.6. The maximum absolute atomic E-state index is 12.6. The van der Waals surface area contributed by atoms with E-state index in [2.05, 4.69) is 6.58 Å². The topological polar surface area (TPSA) is 86.7 Å². The normalized spacial score (nSPS) is 14.5. The number of hydrogen-bond donors (Lipinski definition) is 2. The number of benzene rings is 2.